The minimum absolute atomic E-state index is 0.0829. The molecule has 2 amide bonds. The Morgan fingerprint density at radius 3 is 2.90 bits per heavy atom. The summed E-state index contributed by atoms with van der Waals surface area (Å²) in [7, 11) is 0. The van der Waals surface area contributed by atoms with Crippen LogP contribution in [-0.4, -0.2) is 29.4 Å². The fraction of sp³-hybridized carbons (Fsp3) is 0.375. The van der Waals surface area contributed by atoms with Gasteiger partial charge >= 0.3 is 0 Å². The van der Waals surface area contributed by atoms with E-state index in [2.05, 4.69) is 15.6 Å². The third kappa shape index (κ3) is 3.42. The average Bonchev–Trinajstić information content (AvgIpc) is 3.15. The highest BCUT2D eigenvalue weighted by molar-refractivity contribution is 6.06. The Labute approximate surface area is 123 Å². The van der Waals surface area contributed by atoms with Crippen LogP contribution in [0.4, 0.5) is 0 Å². The molecule has 0 saturated heterocycles. The fourth-order valence-electron chi connectivity index (χ4n) is 2.36. The standard InChI is InChI=1S/C16H19N3O2/c20-15(19-11-6-7-11)5-2-9-18-16(21)13-3-1-4-14-12(13)8-10-17-14/h1,3-4,8,10-11,17H,2,5-7,9H2,(H,18,21)(H,19,20). The first-order chi connectivity index (χ1) is 10.2. The summed E-state index contributed by atoms with van der Waals surface area (Å²) in [5.41, 5.74) is 1.61. The first kappa shape index (κ1) is 13.7. The van der Waals surface area contributed by atoms with Gasteiger partial charge in [0.25, 0.3) is 5.91 Å². The van der Waals surface area contributed by atoms with Gasteiger partial charge in [0.15, 0.2) is 0 Å². The van der Waals surface area contributed by atoms with Crippen molar-refractivity contribution < 1.29 is 9.59 Å². The largest absolute Gasteiger partial charge is 0.361 e. The van der Waals surface area contributed by atoms with Crippen LogP contribution in [0.2, 0.25) is 0 Å². The van der Waals surface area contributed by atoms with Crippen molar-refractivity contribution in [2.75, 3.05) is 6.54 Å². The normalized spacial score (nSPS) is 14.1. The molecule has 3 rings (SSSR count). The summed E-state index contributed by atoms with van der Waals surface area (Å²) in [5, 5.41) is 6.73. The topological polar surface area (TPSA) is 74.0 Å². The van der Waals surface area contributed by atoms with Crippen molar-refractivity contribution in [3.63, 3.8) is 0 Å². The molecule has 1 aliphatic carbocycles. The third-order valence-electron chi connectivity index (χ3n) is 3.65. The molecule has 1 saturated carbocycles. The zero-order chi connectivity index (χ0) is 14.7. The number of hydrogen-bond donors (Lipinski definition) is 3. The molecule has 1 fully saturated rings. The lowest BCUT2D eigenvalue weighted by atomic mass is 10.1. The Hall–Kier alpha value is -2.30. The number of nitrogens with one attached hydrogen (secondary N) is 3. The second-order valence-electron chi connectivity index (χ2n) is 5.45. The molecule has 0 radical (unpaired) electrons. The molecule has 0 unspecified atom stereocenters. The van der Waals surface area contributed by atoms with Crippen LogP contribution in [0.3, 0.4) is 0 Å². The summed E-state index contributed by atoms with van der Waals surface area (Å²) in [6, 6.07) is 7.90. The summed E-state index contributed by atoms with van der Waals surface area (Å²) < 4.78 is 0. The lowest BCUT2D eigenvalue weighted by Gasteiger charge is -2.07. The summed E-state index contributed by atoms with van der Waals surface area (Å²) in [4.78, 5) is 26.8. The summed E-state index contributed by atoms with van der Waals surface area (Å²) >= 11 is 0. The van der Waals surface area contributed by atoms with Gasteiger partial charge in [0, 0.05) is 41.7 Å². The number of amides is 2. The van der Waals surface area contributed by atoms with E-state index in [1.54, 1.807) is 0 Å². The summed E-state index contributed by atoms with van der Waals surface area (Å²) in [6.07, 6.45) is 5.15. The molecular formula is C16H19N3O2. The fourth-order valence-corrected chi connectivity index (χ4v) is 2.36. The van der Waals surface area contributed by atoms with Gasteiger partial charge in [-0.25, -0.2) is 0 Å². The van der Waals surface area contributed by atoms with Gasteiger partial charge < -0.3 is 15.6 Å². The van der Waals surface area contributed by atoms with Crippen LogP contribution in [0.5, 0.6) is 0 Å². The van der Waals surface area contributed by atoms with Crippen LogP contribution in [0.25, 0.3) is 10.9 Å². The molecule has 2 aromatic rings. The molecule has 0 spiro atoms. The van der Waals surface area contributed by atoms with E-state index in [9.17, 15) is 9.59 Å². The summed E-state index contributed by atoms with van der Waals surface area (Å²) in [5.74, 6) is -0.0118. The third-order valence-corrected chi connectivity index (χ3v) is 3.65. The van der Waals surface area contributed by atoms with Gasteiger partial charge in [-0.3, -0.25) is 9.59 Å². The van der Waals surface area contributed by atoms with Crippen LogP contribution in [0.1, 0.15) is 36.0 Å². The average molecular weight is 285 g/mol. The Morgan fingerprint density at radius 1 is 1.24 bits per heavy atom. The highest BCUT2D eigenvalue weighted by Crippen LogP contribution is 2.19. The molecule has 5 nitrogen and oxygen atoms in total. The second kappa shape index (κ2) is 5.99. The predicted octanol–water partition coefficient (Wildman–Crippen LogP) is 1.96. The van der Waals surface area contributed by atoms with Gasteiger partial charge in [-0.2, -0.15) is 0 Å². The smallest absolute Gasteiger partial charge is 0.251 e. The van der Waals surface area contributed by atoms with E-state index < -0.39 is 0 Å². The van der Waals surface area contributed by atoms with E-state index >= 15 is 0 Å². The maximum atomic E-state index is 12.2. The Balaban J connectivity index is 1.47. The van der Waals surface area contributed by atoms with E-state index in [0.717, 1.165) is 23.7 Å². The predicted molar refractivity (Wildman–Crippen MR) is 81.0 cm³/mol. The highest BCUT2D eigenvalue weighted by Gasteiger charge is 2.22. The summed E-state index contributed by atoms with van der Waals surface area (Å²) in [6.45, 7) is 0.512. The lowest BCUT2D eigenvalue weighted by molar-refractivity contribution is -0.121. The van der Waals surface area contributed by atoms with Crippen molar-refractivity contribution in [3.05, 3.63) is 36.0 Å². The Kier molecular flexibility index (Phi) is 3.90. The zero-order valence-corrected chi connectivity index (χ0v) is 11.8. The molecule has 1 aliphatic rings. The number of carbonyl (C=O) groups is 2. The number of fused-ring (bicyclic) bond motifs is 1. The van der Waals surface area contributed by atoms with Gasteiger partial charge in [-0.15, -0.1) is 0 Å². The van der Waals surface area contributed by atoms with Crippen molar-refractivity contribution in [1.82, 2.24) is 15.6 Å². The molecule has 0 bridgehead atoms. The van der Waals surface area contributed by atoms with Crippen LogP contribution in [0, 0.1) is 0 Å². The molecule has 1 aromatic carbocycles. The van der Waals surface area contributed by atoms with Crippen molar-refractivity contribution in [1.29, 1.82) is 0 Å². The van der Waals surface area contributed by atoms with Crippen LogP contribution in [-0.2, 0) is 4.79 Å². The van der Waals surface area contributed by atoms with E-state index in [1.165, 1.54) is 0 Å². The maximum Gasteiger partial charge on any atom is 0.251 e. The first-order valence-electron chi connectivity index (χ1n) is 7.38. The number of carbonyl (C=O) groups excluding carboxylic acids is 2. The molecular weight excluding hydrogens is 266 g/mol. The van der Waals surface area contributed by atoms with Gasteiger partial charge in [0.2, 0.25) is 5.91 Å². The number of hydrogen-bond acceptors (Lipinski definition) is 2. The maximum absolute atomic E-state index is 12.2. The van der Waals surface area contributed by atoms with Gasteiger partial charge in [0.1, 0.15) is 0 Å². The zero-order valence-electron chi connectivity index (χ0n) is 11.8. The van der Waals surface area contributed by atoms with Crippen LogP contribution < -0.4 is 10.6 Å². The minimum atomic E-state index is -0.0946. The molecule has 21 heavy (non-hydrogen) atoms. The van der Waals surface area contributed by atoms with E-state index in [-0.39, 0.29) is 11.8 Å². The highest BCUT2D eigenvalue weighted by atomic mass is 16.2. The molecule has 1 aromatic heterocycles. The van der Waals surface area contributed by atoms with E-state index in [1.807, 2.05) is 30.5 Å². The van der Waals surface area contributed by atoms with Crippen LogP contribution >= 0.6 is 0 Å². The molecule has 5 heteroatoms. The molecule has 0 aliphatic heterocycles. The van der Waals surface area contributed by atoms with Crippen molar-refractivity contribution in [3.8, 4) is 0 Å². The Bertz CT molecular complexity index is 658. The molecule has 0 atom stereocenters. The van der Waals surface area contributed by atoms with E-state index in [0.29, 0.717) is 31.0 Å². The number of H-pyrrole nitrogens is 1. The van der Waals surface area contributed by atoms with Gasteiger partial charge in [-0.1, -0.05) is 6.07 Å². The number of aromatic amines is 1. The van der Waals surface area contributed by atoms with Crippen molar-refractivity contribution in [2.24, 2.45) is 0 Å². The Morgan fingerprint density at radius 2 is 2.10 bits per heavy atom. The van der Waals surface area contributed by atoms with Crippen LogP contribution in [0.15, 0.2) is 30.5 Å². The molecule has 1 heterocycles. The molecule has 110 valence electrons. The second-order valence-corrected chi connectivity index (χ2v) is 5.45. The first-order valence-corrected chi connectivity index (χ1v) is 7.38. The van der Waals surface area contributed by atoms with Gasteiger partial charge in [0.05, 0.1) is 0 Å². The van der Waals surface area contributed by atoms with Crippen molar-refractivity contribution >= 4 is 22.7 Å². The lowest BCUT2D eigenvalue weighted by Crippen LogP contribution is -2.28. The monoisotopic (exact) mass is 285 g/mol. The number of rotatable bonds is 6. The quantitative estimate of drug-likeness (QED) is 0.710. The van der Waals surface area contributed by atoms with Gasteiger partial charge in [-0.05, 0) is 37.5 Å². The number of aromatic nitrogens is 1. The van der Waals surface area contributed by atoms with E-state index in [4.69, 9.17) is 0 Å². The molecule has 3 N–H and O–H groups in total. The number of benzene rings is 1. The van der Waals surface area contributed by atoms with Crippen molar-refractivity contribution in [2.45, 2.75) is 31.7 Å². The SMILES string of the molecule is O=C(CCCNC(=O)c1cccc2[nH]ccc12)NC1CC1. The minimum Gasteiger partial charge on any atom is -0.361 e.